The lowest BCUT2D eigenvalue weighted by Gasteiger charge is -2.41. The van der Waals surface area contributed by atoms with E-state index in [-0.39, 0.29) is 12.2 Å². The number of carbonyl (C=O) groups excluding carboxylic acids is 1. The normalized spacial score (nSPS) is 25.3. The standard InChI is InChI=1S/C14H18N2O4S/c1-21(18,19)16-10-4-5-13-11(8-10)12(17)9-14(20-13)6-2-3-7-15-14/h4-5,8,15-16H,2-3,6-7,9H2,1H3. The molecule has 1 aromatic rings. The molecule has 2 N–H and O–H groups in total. The summed E-state index contributed by atoms with van der Waals surface area (Å²) in [5, 5.41) is 3.30. The Bertz CT molecular complexity index is 678. The van der Waals surface area contributed by atoms with Crippen LogP contribution in [0.4, 0.5) is 5.69 Å². The number of anilines is 1. The fourth-order valence-electron chi connectivity index (χ4n) is 2.89. The Morgan fingerprint density at radius 1 is 1.33 bits per heavy atom. The van der Waals surface area contributed by atoms with E-state index in [9.17, 15) is 13.2 Å². The minimum atomic E-state index is -3.36. The van der Waals surface area contributed by atoms with E-state index in [1.54, 1.807) is 12.1 Å². The quantitative estimate of drug-likeness (QED) is 0.864. The summed E-state index contributed by atoms with van der Waals surface area (Å²) < 4.78 is 30.9. The van der Waals surface area contributed by atoms with Crippen molar-refractivity contribution in [2.75, 3.05) is 17.5 Å². The molecule has 0 aliphatic carbocycles. The summed E-state index contributed by atoms with van der Waals surface area (Å²) in [5.41, 5.74) is 0.219. The molecule has 1 fully saturated rings. The molecule has 2 aliphatic heterocycles. The SMILES string of the molecule is CS(=O)(=O)Nc1ccc2c(c1)C(=O)CC1(CCCCN1)O2. The van der Waals surface area contributed by atoms with Gasteiger partial charge < -0.3 is 4.74 Å². The molecule has 6 nitrogen and oxygen atoms in total. The van der Waals surface area contributed by atoms with Crippen LogP contribution in [0, 0.1) is 0 Å². The van der Waals surface area contributed by atoms with Gasteiger partial charge in [-0.3, -0.25) is 14.8 Å². The van der Waals surface area contributed by atoms with Gasteiger partial charge in [0.05, 0.1) is 18.2 Å². The van der Waals surface area contributed by atoms with Crippen LogP contribution >= 0.6 is 0 Å². The maximum Gasteiger partial charge on any atom is 0.229 e. The van der Waals surface area contributed by atoms with Gasteiger partial charge in [0.1, 0.15) is 5.75 Å². The monoisotopic (exact) mass is 310 g/mol. The Kier molecular flexibility index (Phi) is 3.41. The van der Waals surface area contributed by atoms with Crippen LogP contribution in [-0.4, -0.2) is 32.7 Å². The number of benzene rings is 1. The number of ketones is 1. The molecule has 0 saturated carbocycles. The Balaban J connectivity index is 1.91. The van der Waals surface area contributed by atoms with E-state index in [1.807, 2.05) is 0 Å². The van der Waals surface area contributed by atoms with Crippen LogP contribution in [0.3, 0.4) is 0 Å². The predicted molar refractivity (Wildman–Crippen MR) is 79.1 cm³/mol. The van der Waals surface area contributed by atoms with E-state index in [0.29, 0.717) is 17.0 Å². The highest BCUT2D eigenvalue weighted by Crippen LogP contribution is 2.37. The van der Waals surface area contributed by atoms with E-state index >= 15 is 0 Å². The van der Waals surface area contributed by atoms with Gasteiger partial charge in [0.25, 0.3) is 0 Å². The number of carbonyl (C=O) groups is 1. The minimum absolute atomic E-state index is 0.0252. The molecule has 0 aromatic heterocycles. The van der Waals surface area contributed by atoms with E-state index in [2.05, 4.69) is 10.0 Å². The lowest BCUT2D eigenvalue weighted by molar-refractivity contribution is -0.00529. The first kappa shape index (κ1) is 14.3. The average Bonchev–Trinajstić information content (AvgIpc) is 2.39. The van der Waals surface area contributed by atoms with Crippen molar-refractivity contribution in [3.63, 3.8) is 0 Å². The van der Waals surface area contributed by atoms with Gasteiger partial charge in [-0.1, -0.05) is 0 Å². The number of fused-ring (bicyclic) bond motifs is 1. The number of rotatable bonds is 2. The van der Waals surface area contributed by atoms with Crippen LogP contribution in [0.2, 0.25) is 0 Å². The van der Waals surface area contributed by atoms with E-state index < -0.39 is 15.7 Å². The fraction of sp³-hybridized carbons (Fsp3) is 0.500. The minimum Gasteiger partial charge on any atom is -0.472 e. The van der Waals surface area contributed by atoms with Crippen molar-refractivity contribution in [2.45, 2.75) is 31.4 Å². The Morgan fingerprint density at radius 3 is 2.81 bits per heavy atom. The highest BCUT2D eigenvalue weighted by Gasteiger charge is 2.41. The molecule has 1 aromatic carbocycles. The fourth-order valence-corrected chi connectivity index (χ4v) is 3.45. The molecule has 3 rings (SSSR count). The van der Waals surface area contributed by atoms with E-state index in [0.717, 1.165) is 32.1 Å². The van der Waals surface area contributed by atoms with Crippen LogP contribution in [0.25, 0.3) is 0 Å². The summed E-state index contributed by atoms with van der Waals surface area (Å²) in [5.74, 6) is 0.488. The summed E-state index contributed by atoms with van der Waals surface area (Å²) in [6.45, 7) is 0.844. The summed E-state index contributed by atoms with van der Waals surface area (Å²) in [7, 11) is -3.36. The molecule has 0 radical (unpaired) electrons. The first-order chi connectivity index (χ1) is 9.87. The lowest BCUT2D eigenvalue weighted by atomic mass is 9.90. The first-order valence-electron chi connectivity index (χ1n) is 6.96. The second-order valence-corrected chi connectivity index (χ2v) is 7.41. The van der Waals surface area contributed by atoms with Crippen molar-refractivity contribution >= 4 is 21.5 Å². The molecule has 21 heavy (non-hydrogen) atoms. The molecule has 1 unspecified atom stereocenters. The van der Waals surface area contributed by atoms with Gasteiger partial charge in [0.2, 0.25) is 10.0 Å². The van der Waals surface area contributed by atoms with E-state index in [1.165, 1.54) is 6.07 Å². The van der Waals surface area contributed by atoms with Gasteiger partial charge in [0.15, 0.2) is 11.5 Å². The van der Waals surface area contributed by atoms with Crippen LogP contribution in [0.5, 0.6) is 5.75 Å². The zero-order valence-corrected chi connectivity index (χ0v) is 12.6. The van der Waals surface area contributed by atoms with Crippen molar-refractivity contribution in [1.82, 2.24) is 5.32 Å². The number of hydrogen-bond donors (Lipinski definition) is 2. The topological polar surface area (TPSA) is 84.5 Å². The van der Waals surface area contributed by atoms with Crippen LogP contribution in [0.1, 0.15) is 36.0 Å². The Hall–Kier alpha value is -1.60. The summed E-state index contributed by atoms with van der Waals surface area (Å²) in [4.78, 5) is 12.4. The third-order valence-electron chi connectivity index (χ3n) is 3.79. The zero-order chi connectivity index (χ0) is 15.1. The Labute approximate surface area is 123 Å². The van der Waals surface area contributed by atoms with Gasteiger partial charge in [-0.25, -0.2) is 8.42 Å². The highest BCUT2D eigenvalue weighted by atomic mass is 32.2. The maximum atomic E-state index is 12.4. The van der Waals surface area contributed by atoms with Crippen molar-refractivity contribution < 1.29 is 17.9 Å². The zero-order valence-electron chi connectivity index (χ0n) is 11.8. The summed E-state index contributed by atoms with van der Waals surface area (Å²) in [6.07, 6.45) is 4.28. The number of sulfonamides is 1. The second kappa shape index (κ2) is 4.99. The van der Waals surface area contributed by atoms with Crippen molar-refractivity contribution in [1.29, 1.82) is 0 Å². The summed E-state index contributed by atoms with van der Waals surface area (Å²) >= 11 is 0. The van der Waals surface area contributed by atoms with Gasteiger partial charge in [0, 0.05) is 12.1 Å². The molecular formula is C14H18N2O4S. The predicted octanol–water partition coefficient (Wildman–Crippen LogP) is 1.49. The molecule has 0 amide bonds. The van der Waals surface area contributed by atoms with Crippen LogP contribution < -0.4 is 14.8 Å². The molecule has 2 heterocycles. The Morgan fingerprint density at radius 2 is 2.14 bits per heavy atom. The molecule has 2 aliphatic rings. The van der Waals surface area contributed by atoms with Crippen molar-refractivity contribution in [3.8, 4) is 5.75 Å². The molecule has 0 bridgehead atoms. The van der Waals surface area contributed by atoms with Crippen LogP contribution in [0.15, 0.2) is 18.2 Å². The molecule has 1 spiro atoms. The third-order valence-corrected chi connectivity index (χ3v) is 4.40. The molecule has 114 valence electrons. The van der Waals surface area contributed by atoms with Gasteiger partial charge in [-0.15, -0.1) is 0 Å². The average molecular weight is 310 g/mol. The van der Waals surface area contributed by atoms with Gasteiger partial charge >= 0.3 is 0 Å². The third kappa shape index (κ3) is 3.03. The van der Waals surface area contributed by atoms with Gasteiger partial charge in [-0.05, 0) is 37.6 Å². The molecular weight excluding hydrogens is 292 g/mol. The number of hydrogen-bond acceptors (Lipinski definition) is 5. The maximum absolute atomic E-state index is 12.4. The first-order valence-corrected chi connectivity index (χ1v) is 8.85. The highest BCUT2D eigenvalue weighted by molar-refractivity contribution is 7.92. The number of ether oxygens (including phenoxy) is 1. The number of piperidine rings is 1. The molecule has 1 saturated heterocycles. The molecule has 7 heteroatoms. The summed E-state index contributed by atoms with van der Waals surface area (Å²) in [6, 6.07) is 4.79. The second-order valence-electron chi connectivity index (χ2n) is 5.67. The lowest BCUT2D eigenvalue weighted by Crippen LogP contribution is -2.56. The van der Waals surface area contributed by atoms with E-state index in [4.69, 9.17) is 4.74 Å². The smallest absolute Gasteiger partial charge is 0.229 e. The number of nitrogens with one attached hydrogen (secondary N) is 2. The van der Waals surface area contributed by atoms with Crippen molar-refractivity contribution in [2.24, 2.45) is 0 Å². The van der Waals surface area contributed by atoms with Crippen molar-refractivity contribution in [3.05, 3.63) is 23.8 Å². The van der Waals surface area contributed by atoms with Gasteiger partial charge in [-0.2, -0.15) is 0 Å². The largest absolute Gasteiger partial charge is 0.472 e. The van der Waals surface area contributed by atoms with Crippen LogP contribution in [-0.2, 0) is 10.0 Å². The number of Topliss-reactive ketones (excluding diaryl/α,β-unsaturated/α-hetero) is 1. The molecule has 1 atom stereocenters.